The first-order valence-corrected chi connectivity index (χ1v) is 16.3. The van der Waals surface area contributed by atoms with Gasteiger partial charge in [0.15, 0.2) is 0 Å². The molecule has 4 aromatic rings. The van der Waals surface area contributed by atoms with Gasteiger partial charge in [-0.25, -0.2) is 0 Å². The van der Waals surface area contributed by atoms with Crippen molar-refractivity contribution in [2.75, 3.05) is 0 Å². The van der Waals surface area contributed by atoms with Gasteiger partial charge in [0.2, 0.25) is 0 Å². The molecular formula is C36H33BO2S2. The van der Waals surface area contributed by atoms with E-state index in [0.29, 0.717) is 0 Å². The smallest absolute Gasteiger partial charge is 0.519 e. The Morgan fingerprint density at radius 1 is 0.610 bits per heavy atom. The summed E-state index contributed by atoms with van der Waals surface area (Å²) in [5.74, 6) is 1.64. The molecule has 0 atom stereocenters. The molecule has 4 aromatic carbocycles. The normalized spacial score (nSPS) is 15.8. The van der Waals surface area contributed by atoms with Crippen LogP contribution in [0.2, 0.25) is 0 Å². The van der Waals surface area contributed by atoms with Crippen molar-refractivity contribution in [1.29, 1.82) is 0 Å². The maximum atomic E-state index is 6.64. The van der Waals surface area contributed by atoms with Crippen LogP contribution in [0.15, 0.2) is 101 Å². The summed E-state index contributed by atoms with van der Waals surface area (Å²) in [5.41, 5.74) is 9.21. The fourth-order valence-corrected chi connectivity index (χ4v) is 8.10. The molecular weight excluding hydrogens is 539 g/mol. The summed E-state index contributed by atoms with van der Waals surface area (Å²) in [6.45, 7) is 4.29. The Morgan fingerprint density at radius 3 is 1.54 bits per heavy atom. The van der Waals surface area contributed by atoms with Crippen LogP contribution in [0.5, 0.6) is 11.5 Å². The van der Waals surface area contributed by atoms with Gasteiger partial charge in [-0.3, -0.25) is 0 Å². The van der Waals surface area contributed by atoms with Crippen molar-refractivity contribution in [2.24, 2.45) is 0 Å². The van der Waals surface area contributed by atoms with Crippen molar-refractivity contribution in [2.45, 2.75) is 62.2 Å². The minimum Gasteiger partial charge on any atom is -0.519 e. The average molecular weight is 573 g/mol. The number of allylic oxidation sites excluding steroid dienone is 2. The van der Waals surface area contributed by atoms with E-state index in [1.165, 1.54) is 58.4 Å². The van der Waals surface area contributed by atoms with Gasteiger partial charge < -0.3 is 9.31 Å². The van der Waals surface area contributed by atoms with Crippen LogP contribution >= 0.6 is 23.5 Å². The second kappa shape index (κ2) is 11.5. The predicted molar refractivity (Wildman–Crippen MR) is 175 cm³/mol. The van der Waals surface area contributed by atoms with Crippen LogP contribution in [-0.4, -0.2) is 7.12 Å². The van der Waals surface area contributed by atoms with Crippen molar-refractivity contribution in [3.63, 3.8) is 0 Å². The molecule has 0 amide bonds. The molecule has 0 aromatic heterocycles. The lowest BCUT2D eigenvalue weighted by atomic mass is 9.69. The number of thioether (sulfide) groups is 2. The fraction of sp³-hybridized carbons (Fsp3) is 0.222. The summed E-state index contributed by atoms with van der Waals surface area (Å²) in [5, 5.41) is 0. The van der Waals surface area contributed by atoms with E-state index >= 15 is 0 Å². The number of benzene rings is 4. The van der Waals surface area contributed by atoms with Gasteiger partial charge in [-0.15, -0.1) is 0 Å². The Morgan fingerprint density at radius 2 is 1.07 bits per heavy atom. The molecule has 0 radical (unpaired) electrons. The molecule has 5 heteroatoms. The van der Waals surface area contributed by atoms with Gasteiger partial charge in [-0.2, -0.15) is 0 Å². The number of hydrogen-bond donors (Lipinski definition) is 0. The lowest BCUT2D eigenvalue weighted by molar-refractivity contribution is 0.518. The minimum atomic E-state index is -0.490. The number of fused-ring (bicyclic) bond motifs is 3. The van der Waals surface area contributed by atoms with Crippen LogP contribution in [0.4, 0.5) is 0 Å². The molecule has 7 rings (SSSR count). The summed E-state index contributed by atoms with van der Waals surface area (Å²) in [6.07, 6.45) is 11.5. The Kier molecular flexibility index (Phi) is 7.49. The molecule has 1 heterocycles. The van der Waals surface area contributed by atoms with Gasteiger partial charge in [-0.05, 0) is 111 Å². The molecule has 2 nitrogen and oxygen atoms in total. The van der Waals surface area contributed by atoms with E-state index in [2.05, 4.69) is 80.6 Å². The van der Waals surface area contributed by atoms with Gasteiger partial charge in [0.25, 0.3) is 0 Å². The third-order valence-corrected chi connectivity index (χ3v) is 10.2. The summed E-state index contributed by atoms with van der Waals surface area (Å²) >= 11 is 3.75. The molecule has 0 saturated carbocycles. The first kappa shape index (κ1) is 26.6. The highest BCUT2D eigenvalue weighted by Crippen LogP contribution is 2.45. The van der Waals surface area contributed by atoms with Crippen LogP contribution in [0, 0.1) is 13.8 Å². The summed E-state index contributed by atoms with van der Waals surface area (Å²) < 4.78 is 13.3. The quantitative estimate of drug-likeness (QED) is 0.222. The molecule has 0 saturated heterocycles. The standard InChI is InChI=1S/C36H33BO2S2/c1-24-15-19-28(20-16-24)40-32-13-7-3-9-26-23-27-10-4-8-14-33(41-29-21-17-25(2)18-22-29)35(27)36(34(26)32)37-38-30-11-5-6-12-31(30)39-37/h5-6,11-23H,3-4,7-10H2,1-2H3. The summed E-state index contributed by atoms with van der Waals surface area (Å²) in [7, 11) is -0.490. The maximum absolute atomic E-state index is 6.64. The topological polar surface area (TPSA) is 18.5 Å². The van der Waals surface area contributed by atoms with Gasteiger partial charge >= 0.3 is 7.12 Å². The molecule has 0 spiro atoms. The third-order valence-electron chi connectivity index (χ3n) is 8.03. The Hall–Kier alpha value is -3.28. The zero-order valence-corrected chi connectivity index (χ0v) is 25.2. The monoisotopic (exact) mass is 572 g/mol. The van der Waals surface area contributed by atoms with Crippen LogP contribution in [0.3, 0.4) is 0 Å². The van der Waals surface area contributed by atoms with Crippen LogP contribution < -0.4 is 14.8 Å². The Labute approximate surface area is 252 Å². The molecule has 0 bridgehead atoms. The van der Waals surface area contributed by atoms with Gasteiger partial charge in [-0.1, -0.05) is 89.3 Å². The van der Waals surface area contributed by atoms with Crippen molar-refractivity contribution in [1.82, 2.24) is 0 Å². The molecule has 41 heavy (non-hydrogen) atoms. The Balaban J connectivity index is 1.42. The third kappa shape index (κ3) is 5.50. The maximum Gasteiger partial charge on any atom is 0.634 e. The van der Waals surface area contributed by atoms with E-state index in [0.717, 1.165) is 50.0 Å². The van der Waals surface area contributed by atoms with Crippen molar-refractivity contribution in [3.8, 4) is 11.5 Å². The number of rotatable bonds is 5. The Bertz CT molecular complexity index is 1540. The van der Waals surface area contributed by atoms with E-state index in [-0.39, 0.29) is 0 Å². The molecule has 0 unspecified atom stereocenters. The first-order chi connectivity index (χ1) is 20.1. The lowest BCUT2D eigenvalue weighted by Gasteiger charge is -2.24. The molecule has 2 aliphatic carbocycles. The van der Waals surface area contributed by atoms with Gasteiger partial charge in [0.05, 0.1) is 0 Å². The second-order valence-electron chi connectivity index (χ2n) is 11.1. The minimum absolute atomic E-state index is 0.490. The van der Waals surface area contributed by atoms with Crippen molar-refractivity contribution in [3.05, 3.63) is 124 Å². The van der Waals surface area contributed by atoms with Crippen molar-refractivity contribution < 1.29 is 9.31 Å². The summed E-state index contributed by atoms with van der Waals surface area (Å²) in [6, 6.07) is 28.4. The summed E-state index contributed by atoms with van der Waals surface area (Å²) in [4.78, 5) is 5.14. The van der Waals surface area contributed by atoms with Gasteiger partial charge in [0, 0.05) is 25.1 Å². The lowest BCUT2D eigenvalue weighted by Crippen LogP contribution is -2.44. The highest BCUT2D eigenvalue weighted by Gasteiger charge is 2.41. The fourth-order valence-electron chi connectivity index (χ4n) is 5.96. The molecule has 3 aliphatic rings. The van der Waals surface area contributed by atoms with E-state index in [9.17, 15) is 0 Å². The average Bonchev–Trinajstić information content (AvgIpc) is 3.19. The highest BCUT2D eigenvalue weighted by molar-refractivity contribution is 8.08. The first-order valence-electron chi connectivity index (χ1n) is 14.6. The zero-order valence-electron chi connectivity index (χ0n) is 23.6. The SMILES string of the molecule is Cc1ccc(SC2=CCCCc3cc4c(c(B5Oc6ccccc6O5)c32)C(Sc2ccc(C)cc2)=CCCC4)cc1. The molecule has 0 fully saturated rings. The molecule has 1 aliphatic heterocycles. The van der Waals surface area contributed by atoms with Crippen LogP contribution in [0.25, 0.3) is 9.81 Å². The number of para-hydroxylation sites is 2. The second-order valence-corrected chi connectivity index (χ2v) is 13.4. The molecule has 204 valence electrons. The molecule has 0 N–H and O–H groups in total. The van der Waals surface area contributed by atoms with Crippen molar-refractivity contribution >= 4 is 45.9 Å². The van der Waals surface area contributed by atoms with Gasteiger partial charge in [0.1, 0.15) is 11.5 Å². The number of aryl methyl sites for hydroxylation is 4. The van der Waals surface area contributed by atoms with E-state index in [1.807, 2.05) is 47.8 Å². The zero-order chi connectivity index (χ0) is 27.8. The van der Waals surface area contributed by atoms with E-state index in [4.69, 9.17) is 9.31 Å². The largest absolute Gasteiger partial charge is 0.634 e. The highest BCUT2D eigenvalue weighted by atomic mass is 32.2. The van der Waals surface area contributed by atoms with E-state index < -0.39 is 7.12 Å². The predicted octanol–water partition coefficient (Wildman–Crippen LogP) is 9.41. The number of hydrogen-bond acceptors (Lipinski definition) is 4. The van der Waals surface area contributed by atoms with E-state index in [1.54, 1.807) is 0 Å². The van der Waals surface area contributed by atoms with Crippen LogP contribution in [0.1, 0.15) is 59.1 Å². The van der Waals surface area contributed by atoms with Crippen LogP contribution in [-0.2, 0) is 12.8 Å².